The highest BCUT2D eigenvalue weighted by atomic mass is 16.5. The number of amides is 1. The van der Waals surface area contributed by atoms with Crippen molar-refractivity contribution in [2.24, 2.45) is 0 Å². The van der Waals surface area contributed by atoms with E-state index in [9.17, 15) is 4.79 Å². The molecule has 3 nitrogen and oxygen atoms in total. The van der Waals surface area contributed by atoms with Crippen LogP contribution in [0, 0.1) is 0 Å². The molecule has 1 amide bonds. The number of benzene rings is 1. The van der Waals surface area contributed by atoms with Crippen LogP contribution in [0.2, 0.25) is 0 Å². The topological polar surface area (TPSA) is 38.3 Å². The van der Waals surface area contributed by atoms with Crippen LogP contribution in [-0.2, 0) is 17.7 Å². The van der Waals surface area contributed by atoms with Crippen molar-refractivity contribution in [2.45, 2.75) is 33.2 Å². The predicted octanol–water partition coefficient (Wildman–Crippen LogP) is 2.89. The molecule has 1 aromatic rings. The molecule has 0 aromatic heterocycles. The van der Waals surface area contributed by atoms with Gasteiger partial charge in [0.2, 0.25) is 0 Å². The third kappa shape index (κ3) is 4.34. The van der Waals surface area contributed by atoms with E-state index in [4.69, 9.17) is 4.74 Å². The zero-order chi connectivity index (χ0) is 11.8. The number of carbonyl (C=O) groups excluding carboxylic acids is 1. The first-order valence-corrected chi connectivity index (χ1v) is 5.74. The van der Waals surface area contributed by atoms with Gasteiger partial charge in [0.1, 0.15) is 0 Å². The van der Waals surface area contributed by atoms with Crippen molar-refractivity contribution < 1.29 is 9.53 Å². The van der Waals surface area contributed by atoms with E-state index >= 15 is 0 Å². The molecule has 0 radical (unpaired) electrons. The molecule has 0 atom stereocenters. The predicted molar refractivity (Wildman–Crippen MR) is 64.3 cm³/mol. The second-order valence-electron chi connectivity index (χ2n) is 3.64. The molecule has 1 N–H and O–H groups in total. The first kappa shape index (κ1) is 12.6. The van der Waals surface area contributed by atoms with Gasteiger partial charge in [-0.15, -0.1) is 0 Å². The average molecular weight is 221 g/mol. The van der Waals surface area contributed by atoms with Gasteiger partial charge in [0.25, 0.3) is 0 Å². The van der Waals surface area contributed by atoms with Crippen molar-refractivity contribution in [1.29, 1.82) is 0 Å². The molecule has 3 heteroatoms. The number of rotatable bonds is 5. The van der Waals surface area contributed by atoms with Gasteiger partial charge in [0.15, 0.2) is 0 Å². The lowest BCUT2D eigenvalue weighted by Crippen LogP contribution is -2.23. The second-order valence-corrected chi connectivity index (χ2v) is 3.64. The van der Waals surface area contributed by atoms with Crippen molar-refractivity contribution in [1.82, 2.24) is 5.32 Å². The third-order valence-electron chi connectivity index (χ3n) is 2.27. The van der Waals surface area contributed by atoms with Gasteiger partial charge in [-0.2, -0.15) is 0 Å². The summed E-state index contributed by atoms with van der Waals surface area (Å²) in [5, 5.41) is 2.69. The smallest absolute Gasteiger partial charge is 0.407 e. The molecule has 0 unspecified atom stereocenters. The van der Waals surface area contributed by atoms with E-state index in [0.29, 0.717) is 13.2 Å². The fourth-order valence-corrected chi connectivity index (χ4v) is 1.47. The van der Waals surface area contributed by atoms with E-state index in [0.717, 1.165) is 18.4 Å². The van der Waals surface area contributed by atoms with E-state index < -0.39 is 0 Å². The van der Waals surface area contributed by atoms with Gasteiger partial charge in [0.05, 0.1) is 6.61 Å². The lowest BCUT2D eigenvalue weighted by Gasteiger charge is -2.06. The molecule has 0 aliphatic heterocycles. The lowest BCUT2D eigenvalue weighted by atomic mass is 10.1. The molecular formula is C13H19NO2. The highest BCUT2D eigenvalue weighted by molar-refractivity contribution is 5.67. The largest absolute Gasteiger partial charge is 0.450 e. The van der Waals surface area contributed by atoms with Crippen molar-refractivity contribution in [2.75, 3.05) is 6.61 Å². The number of hydrogen-bond acceptors (Lipinski definition) is 2. The molecule has 0 aliphatic rings. The summed E-state index contributed by atoms with van der Waals surface area (Å²) in [5.41, 5.74) is 2.43. The number of ether oxygens (including phenoxy) is 1. The monoisotopic (exact) mass is 221 g/mol. The maximum absolute atomic E-state index is 11.1. The minimum absolute atomic E-state index is 0.361. The van der Waals surface area contributed by atoms with Gasteiger partial charge < -0.3 is 10.1 Å². The summed E-state index contributed by atoms with van der Waals surface area (Å²) in [6.07, 6.45) is 1.89. The molecule has 0 bridgehead atoms. The molecular weight excluding hydrogens is 202 g/mol. The molecule has 0 fully saturated rings. The maximum Gasteiger partial charge on any atom is 0.407 e. The Morgan fingerprint density at radius 1 is 1.19 bits per heavy atom. The molecule has 0 spiro atoms. The van der Waals surface area contributed by atoms with E-state index in [2.05, 4.69) is 24.4 Å². The van der Waals surface area contributed by atoms with Gasteiger partial charge in [-0.05, 0) is 24.5 Å². The zero-order valence-electron chi connectivity index (χ0n) is 9.95. The molecule has 0 saturated carbocycles. The fourth-order valence-electron chi connectivity index (χ4n) is 1.47. The quantitative estimate of drug-likeness (QED) is 0.830. The van der Waals surface area contributed by atoms with Crippen LogP contribution in [-0.4, -0.2) is 12.7 Å². The Kier molecular flexibility index (Phi) is 5.40. The standard InChI is InChI=1S/C13H19NO2/c1-3-5-11-6-8-12(9-7-11)10-14-13(15)16-4-2/h6-9H,3-5,10H2,1-2H3,(H,14,15). The first-order valence-electron chi connectivity index (χ1n) is 5.74. The Morgan fingerprint density at radius 2 is 1.81 bits per heavy atom. The van der Waals surface area contributed by atoms with Crippen molar-refractivity contribution in [3.63, 3.8) is 0 Å². The van der Waals surface area contributed by atoms with Crippen molar-refractivity contribution >= 4 is 6.09 Å². The highest BCUT2D eigenvalue weighted by Gasteiger charge is 2.00. The lowest BCUT2D eigenvalue weighted by molar-refractivity contribution is 0.151. The van der Waals surface area contributed by atoms with E-state index in [-0.39, 0.29) is 6.09 Å². The summed E-state index contributed by atoms with van der Waals surface area (Å²) >= 11 is 0. The Labute approximate surface area is 96.8 Å². The Balaban J connectivity index is 2.40. The van der Waals surface area contributed by atoms with E-state index in [1.54, 1.807) is 6.92 Å². The summed E-state index contributed by atoms with van der Waals surface area (Å²) < 4.78 is 4.78. The Bertz CT molecular complexity index is 319. The molecule has 0 aliphatic carbocycles. The van der Waals surface area contributed by atoms with Gasteiger partial charge >= 0.3 is 6.09 Å². The van der Waals surface area contributed by atoms with Gasteiger partial charge in [-0.25, -0.2) is 4.79 Å². The molecule has 0 saturated heterocycles. The Morgan fingerprint density at radius 3 is 2.38 bits per heavy atom. The minimum atomic E-state index is -0.361. The molecule has 1 rings (SSSR count). The molecule has 16 heavy (non-hydrogen) atoms. The SMILES string of the molecule is CCCc1ccc(CNC(=O)OCC)cc1. The van der Waals surface area contributed by atoms with Crippen LogP contribution in [0.4, 0.5) is 4.79 Å². The summed E-state index contributed by atoms with van der Waals surface area (Å²) in [4.78, 5) is 11.1. The van der Waals surface area contributed by atoms with Crippen LogP contribution in [0.5, 0.6) is 0 Å². The first-order chi connectivity index (χ1) is 7.76. The Hall–Kier alpha value is -1.51. The molecule has 88 valence electrons. The number of alkyl carbamates (subject to hydrolysis) is 1. The van der Waals surface area contributed by atoms with E-state index in [1.807, 2.05) is 12.1 Å². The van der Waals surface area contributed by atoms with Crippen LogP contribution < -0.4 is 5.32 Å². The third-order valence-corrected chi connectivity index (χ3v) is 2.27. The van der Waals surface area contributed by atoms with Crippen LogP contribution >= 0.6 is 0 Å². The van der Waals surface area contributed by atoms with Crippen LogP contribution in [0.25, 0.3) is 0 Å². The summed E-state index contributed by atoms with van der Waals surface area (Å²) in [6, 6.07) is 8.28. The maximum atomic E-state index is 11.1. The van der Waals surface area contributed by atoms with Crippen LogP contribution in [0.3, 0.4) is 0 Å². The second kappa shape index (κ2) is 6.88. The average Bonchev–Trinajstić information content (AvgIpc) is 2.29. The normalized spacial score (nSPS) is 9.88. The zero-order valence-corrected chi connectivity index (χ0v) is 9.95. The molecule has 1 aromatic carbocycles. The van der Waals surface area contributed by atoms with Gasteiger partial charge in [0, 0.05) is 6.54 Å². The minimum Gasteiger partial charge on any atom is -0.450 e. The fraction of sp³-hybridized carbons (Fsp3) is 0.462. The molecule has 0 heterocycles. The van der Waals surface area contributed by atoms with Gasteiger partial charge in [-0.1, -0.05) is 37.6 Å². The number of aryl methyl sites for hydroxylation is 1. The van der Waals surface area contributed by atoms with Crippen molar-refractivity contribution in [3.05, 3.63) is 35.4 Å². The number of hydrogen-bond donors (Lipinski definition) is 1. The summed E-state index contributed by atoms with van der Waals surface area (Å²) in [5.74, 6) is 0. The summed E-state index contributed by atoms with van der Waals surface area (Å²) in [6.45, 7) is 4.88. The van der Waals surface area contributed by atoms with E-state index in [1.165, 1.54) is 5.56 Å². The summed E-state index contributed by atoms with van der Waals surface area (Å²) in [7, 11) is 0. The van der Waals surface area contributed by atoms with Crippen molar-refractivity contribution in [3.8, 4) is 0 Å². The van der Waals surface area contributed by atoms with Crippen LogP contribution in [0.15, 0.2) is 24.3 Å². The van der Waals surface area contributed by atoms with Gasteiger partial charge in [-0.3, -0.25) is 0 Å². The van der Waals surface area contributed by atoms with Crippen LogP contribution in [0.1, 0.15) is 31.4 Å². The number of carbonyl (C=O) groups is 1. The number of nitrogens with one attached hydrogen (secondary N) is 1. The highest BCUT2D eigenvalue weighted by Crippen LogP contribution is 2.06.